The van der Waals surface area contributed by atoms with Crippen molar-refractivity contribution in [3.63, 3.8) is 0 Å². The Labute approximate surface area is 175 Å². The zero-order chi connectivity index (χ0) is 21.2. The second-order valence-corrected chi connectivity index (χ2v) is 9.79. The molecule has 0 bridgehead atoms. The van der Waals surface area contributed by atoms with Gasteiger partial charge in [-0.2, -0.15) is 0 Å². The Morgan fingerprint density at radius 3 is 2.41 bits per heavy atom. The fourth-order valence-electron chi connectivity index (χ4n) is 3.72. The number of imidazole rings is 1. The molecule has 1 aliphatic rings. The summed E-state index contributed by atoms with van der Waals surface area (Å²) in [6.45, 7) is 12.7. The van der Waals surface area contributed by atoms with Crippen LogP contribution in [0.2, 0.25) is 0 Å². The molecule has 0 saturated heterocycles. The number of carbonyl (C=O) groups is 1. The average Bonchev–Trinajstić information content (AvgIpc) is 3.07. The number of hydrogen-bond donors (Lipinski definition) is 1. The predicted octanol–water partition coefficient (Wildman–Crippen LogP) is 6.90. The second-order valence-electron chi connectivity index (χ2n) is 9.79. The van der Waals surface area contributed by atoms with E-state index in [0.717, 1.165) is 35.4 Å². The van der Waals surface area contributed by atoms with Gasteiger partial charge in [-0.1, -0.05) is 53.5 Å². The molecule has 1 amide bonds. The van der Waals surface area contributed by atoms with Crippen molar-refractivity contribution < 1.29 is 4.79 Å². The van der Waals surface area contributed by atoms with Gasteiger partial charge >= 0.3 is 0 Å². The number of nitrogens with zero attached hydrogens (tertiary/aromatic N) is 2. The molecule has 0 aliphatic heterocycles. The van der Waals surface area contributed by atoms with Gasteiger partial charge < -0.3 is 9.88 Å². The van der Waals surface area contributed by atoms with Crippen molar-refractivity contribution in [2.45, 2.75) is 91.9 Å². The molecule has 0 atom stereocenters. The Morgan fingerprint density at radius 1 is 1.10 bits per heavy atom. The van der Waals surface area contributed by atoms with Gasteiger partial charge in [-0.25, -0.2) is 4.98 Å². The maximum absolute atomic E-state index is 12.6. The van der Waals surface area contributed by atoms with Crippen LogP contribution in [-0.4, -0.2) is 15.5 Å². The van der Waals surface area contributed by atoms with Gasteiger partial charge in [0.15, 0.2) is 0 Å². The van der Waals surface area contributed by atoms with Crippen LogP contribution < -0.4 is 5.32 Å². The zero-order valence-corrected chi connectivity index (χ0v) is 19.1. The third-order valence-corrected chi connectivity index (χ3v) is 6.74. The van der Waals surface area contributed by atoms with E-state index in [-0.39, 0.29) is 16.7 Å². The lowest BCUT2D eigenvalue weighted by molar-refractivity contribution is -0.124. The van der Waals surface area contributed by atoms with Crippen LogP contribution in [0.4, 0.5) is 5.69 Å². The summed E-state index contributed by atoms with van der Waals surface area (Å²) in [6.07, 6.45) is 10.4. The molecule has 0 unspecified atom stereocenters. The monoisotopic (exact) mass is 395 g/mol. The molecule has 158 valence electrons. The van der Waals surface area contributed by atoms with Gasteiger partial charge in [-0.15, -0.1) is 0 Å². The average molecular weight is 396 g/mol. The normalized spacial score (nSPS) is 15.6. The first-order valence-corrected chi connectivity index (χ1v) is 11.2. The molecule has 0 radical (unpaired) electrons. The van der Waals surface area contributed by atoms with E-state index in [1.807, 2.05) is 32.9 Å². The van der Waals surface area contributed by atoms with Gasteiger partial charge in [0.2, 0.25) is 5.91 Å². The predicted molar refractivity (Wildman–Crippen MR) is 123 cm³/mol. The highest BCUT2D eigenvalue weighted by Crippen LogP contribution is 2.33. The summed E-state index contributed by atoms with van der Waals surface area (Å²) >= 11 is 0. The summed E-state index contributed by atoms with van der Waals surface area (Å²) in [4.78, 5) is 17.6. The molecule has 1 aliphatic carbocycles. The minimum Gasteiger partial charge on any atom is -0.326 e. The van der Waals surface area contributed by atoms with E-state index in [2.05, 4.69) is 42.9 Å². The van der Waals surface area contributed by atoms with Crippen LogP contribution >= 0.6 is 0 Å². The lowest BCUT2D eigenvalue weighted by Crippen LogP contribution is -2.29. The van der Waals surface area contributed by atoms with E-state index in [1.54, 1.807) is 0 Å². The number of fused-ring (bicyclic) bond motifs is 1. The highest BCUT2D eigenvalue weighted by atomic mass is 16.2. The first-order chi connectivity index (χ1) is 13.7. The standard InChI is InChI=1S/C25H37N3O/c1-7-24(3,4)22-27-20-16-19(26-23(29)25(5,6)8-2)14-15-21(20)28(22)17-18-12-10-9-11-13-18/h14-17H,7-13H2,1-6H3,(H,26,29). The number of aromatic nitrogens is 2. The van der Waals surface area contributed by atoms with Crippen molar-refractivity contribution in [3.05, 3.63) is 29.6 Å². The summed E-state index contributed by atoms with van der Waals surface area (Å²) in [7, 11) is 0. The molecule has 1 N–H and O–H groups in total. The van der Waals surface area contributed by atoms with Crippen LogP contribution in [0, 0.1) is 5.41 Å². The molecule has 4 heteroatoms. The molecule has 29 heavy (non-hydrogen) atoms. The fourth-order valence-corrected chi connectivity index (χ4v) is 3.72. The number of rotatable bonds is 6. The van der Waals surface area contributed by atoms with Crippen molar-refractivity contribution in [2.75, 3.05) is 5.32 Å². The third-order valence-electron chi connectivity index (χ3n) is 6.74. The Hall–Kier alpha value is -2.10. The molecule has 1 heterocycles. The largest absolute Gasteiger partial charge is 0.326 e. The summed E-state index contributed by atoms with van der Waals surface area (Å²) in [5.74, 6) is 1.16. The van der Waals surface area contributed by atoms with Gasteiger partial charge in [0, 0.05) is 22.7 Å². The second kappa shape index (κ2) is 8.33. The molecular weight excluding hydrogens is 358 g/mol. The molecule has 2 aromatic rings. The minimum atomic E-state index is -0.380. The number of allylic oxidation sites excluding steroid dienone is 1. The topological polar surface area (TPSA) is 46.9 Å². The van der Waals surface area contributed by atoms with Gasteiger partial charge in [0.05, 0.1) is 11.0 Å². The first-order valence-electron chi connectivity index (χ1n) is 11.2. The molecule has 1 saturated carbocycles. The van der Waals surface area contributed by atoms with Crippen molar-refractivity contribution in [3.8, 4) is 0 Å². The van der Waals surface area contributed by atoms with E-state index in [9.17, 15) is 4.79 Å². The van der Waals surface area contributed by atoms with Crippen LogP contribution in [0.5, 0.6) is 0 Å². The molecule has 4 nitrogen and oxygen atoms in total. The summed E-state index contributed by atoms with van der Waals surface area (Å²) in [6, 6.07) is 6.13. The molecule has 1 aromatic heterocycles. The smallest absolute Gasteiger partial charge is 0.230 e. The Morgan fingerprint density at radius 2 is 1.79 bits per heavy atom. The quantitative estimate of drug-likeness (QED) is 0.578. The molecular formula is C25H37N3O. The van der Waals surface area contributed by atoms with E-state index in [4.69, 9.17) is 4.98 Å². The number of anilines is 1. The van der Waals surface area contributed by atoms with Gasteiger partial charge in [0.1, 0.15) is 5.82 Å². The molecule has 1 fully saturated rings. The number of carbonyl (C=O) groups excluding carboxylic acids is 1. The van der Waals surface area contributed by atoms with Crippen LogP contribution in [0.25, 0.3) is 17.2 Å². The maximum Gasteiger partial charge on any atom is 0.230 e. The van der Waals surface area contributed by atoms with E-state index in [1.165, 1.54) is 37.7 Å². The summed E-state index contributed by atoms with van der Waals surface area (Å²) in [5, 5.41) is 3.08. The number of benzene rings is 1. The summed E-state index contributed by atoms with van der Waals surface area (Å²) < 4.78 is 2.31. The Bertz CT molecular complexity index is 910. The van der Waals surface area contributed by atoms with Crippen LogP contribution in [0.1, 0.15) is 92.3 Å². The van der Waals surface area contributed by atoms with Crippen molar-refractivity contribution in [1.29, 1.82) is 0 Å². The van der Waals surface area contributed by atoms with Crippen LogP contribution in [-0.2, 0) is 10.2 Å². The van der Waals surface area contributed by atoms with Crippen molar-refractivity contribution in [1.82, 2.24) is 9.55 Å². The van der Waals surface area contributed by atoms with E-state index >= 15 is 0 Å². The van der Waals surface area contributed by atoms with Crippen LogP contribution in [0.15, 0.2) is 23.8 Å². The highest BCUT2D eigenvalue weighted by Gasteiger charge is 2.27. The lowest BCUT2D eigenvalue weighted by atomic mass is 9.89. The van der Waals surface area contributed by atoms with Crippen molar-refractivity contribution in [2.24, 2.45) is 5.41 Å². The van der Waals surface area contributed by atoms with Crippen LogP contribution in [0.3, 0.4) is 0 Å². The number of nitrogens with one attached hydrogen (secondary N) is 1. The Kier molecular flexibility index (Phi) is 6.21. The number of amides is 1. The zero-order valence-electron chi connectivity index (χ0n) is 19.1. The first kappa shape index (κ1) is 21.6. The fraction of sp³-hybridized carbons (Fsp3) is 0.600. The SMILES string of the molecule is CCC(C)(C)C(=O)Nc1ccc2c(c1)nc(C(C)(C)CC)n2C=C1CCCCC1. The lowest BCUT2D eigenvalue weighted by Gasteiger charge is -2.23. The van der Waals surface area contributed by atoms with E-state index in [0.29, 0.717) is 0 Å². The summed E-state index contributed by atoms with van der Waals surface area (Å²) in [5.41, 5.74) is 4.01. The highest BCUT2D eigenvalue weighted by molar-refractivity contribution is 5.96. The van der Waals surface area contributed by atoms with E-state index < -0.39 is 0 Å². The van der Waals surface area contributed by atoms with Gasteiger partial charge in [0.25, 0.3) is 0 Å². The van der Waals surface area contributed by atoms with Crippen molar-refractivity contribution >= 4 is 28.8 Å². The molecule has 3 rings (SSSR count). The Balaban J connectivity index is 2.04. The molecule has 1 aromatic carbocycles. The number of hydrogen-bond acceptors (Lipinski definition) is 2. The minimum absolute atomic E-state index is 0.0155. The van der Waals surface area contributed by atoms with Gasteiger partial charge in [-0.05, 0) is 56.7 Å². The van der Waals surface area contributed by atoms with Gasteiger partial charge in [-0.3, -0.25) is 4.79 Å². The third kappa shape index (κ3) is 4.57. The maximum atomic E-state index is 12.6. The molecule has 0 spiro atoms.